The molecule has 256 valence electrons. The Morgan fingerprint density at radius 2 is 1.47 bits per heavy atom. The van der Waals surface area contributed by atoms with E-state index in [1.54, 1.807) is 39.0 Å². The Hall–Kier alpha value is -5.51. The maximum Gasteiger partial charge on any atom is 0.410 e. The van der Waals surface area contributed by atoms with Crippen LogP contribution >= 0.6 is 0 Å². The molecule has 2 amide bonds. The molecule has 1 saturated heterocycles. The van der Waals surface area contributed by atoms with Crippen LogP contribution in [0.2, 0.25) is 0 Å². The number of ether oxygens (including phenoxy) is 4. The molecule has 0 aliphatic carbocycles. The van der Waals surface area contributed by atoms with Crippen LogP contribution < -0.4 is 14.8 Å². The van der Waals surface area contributed by atoms with Gasteiger partial charge in [0, 0.05) is 24.7 Å². The van der Waals surface area contributed by atoms with Crippen LogP contribution in [0.3, 0.4) is 0 Å². The van der Waals surface area contributed by atoms with Gasteiger partial charge in [0.2, 0.25) is 0 Å². The number of phenols is 1. The van der Waals surface area contributed by atoms with Crippen molar-refractivity contribution >= 4 is 18.0 Å². The quantitative estimate of drug-likeness (QED) is 0.175. The maximum absolute atomic E-state index is 13.9. The van der Waals surface area contributed by atoms with E-state index in [1.807, 2.05) is 60.7 Å². The summed E-state index contributed by atoms with van der Waals surface area (Å²) in [4.78, 5) is 41.8. The molecule has 5 rings (SSSR count). The molecule has 2 atom stereocenters. The summed E-state index contributed by atoms with van der Waals surface area (Å²) in [5, 5.41) is 12.6. The van der Waals surface area contributed by atoms with Gasteiger partial charge in [0.05, 0.1) is 6.04 Å². The summed E-state index contributed by atoms with van der Waals surface area (Å²) in [7, 11) is 0. The van der Waals surface area contributed by atoms with Crippen LogP contribution in [-0.2, 0) is 22.7 Å². The van der Waals surface area contributed by atoms with Crippen LogP contribution in [-0.4, -0.2) is 58.8 Å². The van der Waals surface area contributed by atoms with Crippen LogP contribution in [0.4, 0.5) is 4.79 Å². The second-order valence-electron chi connectivity index (χ2n) is 12.8. The van der Waals surface area contributed by atoms with Gasteiger partial charge in [-0.25, -0.2) is 9.59 Å². The lowest BCUT2D eigenvalue weighted by Crippen LogP contribution is -2.51. The zero-order valence-electron chi connectivity index (χ0n) is 28.0. The SMILES string of the molecule is CC(C)(C)OC(=O)N1CCC[C@@H](OC(=O)c2ccc(OCc3ccccc3)cc2OCc2ccccc2)[C@H](NC(=O)c2ccc(O)cc2)C1. The first-order valence-corrected chi connectivity index (χ1v) is 16.3. The topological polar surface area (TPSA) is 124 Å². The fraction of sp³-hybridized carbons (Fsp3) is 0.308. The Morgan fingerprint density at radius 3 is 2.10 bits per heavy atom. The predicted octanol–water partition coefficient (Wildman–Crippen LogP) is 6.91. The molecule has 0 radical (unpaired) electrons. The van der Waals surface area contributed by atoms with Gasteiger partial charge in [-0.2, -0.15) is 0 Å². The third kappa shape index (κ3) is 10.2. The zero-order valence-corrected chi connectivity index (χ0v) is 28.0. The summed E-state index contributed by atoms with van der Waals surface area (Å²) in [6.07, 6.45) is -0.417. The minimum absolute atomic E-state index is 0.0238. The molecule has 1 aliphatic rings. The van der Waals surface area contributed by atoms with Gasteiger partial charge >= 0.3 is 12.1 Å². The Morgan fingerprint density at radius 1 is 0.837 bits per heavy atom. The van der Waals surface area contributed by atoms with E-state index in [9.17, 15) is 19.5 Å². The van der Waals surface area contributed by atoms with Crippen molar-refractivity contribution in [2.24, 2.45) is 0 Å². The van der Waals surface area contributed by atoms with Crippen LogP contribution in [0, 0.1) is 0 Å². The Labute approximate surface area is 286 Å². The predicted molar refractivity (Wildman–Crippen MR) is 184 cm³/mol. The molecule has 10 heteroatoms. The highest BCUT2D eigenvalue weighted by Gasteiger charge is 2.35. The Balaban J connectivity index is 1.38. The normalized spacial score (nSPS) is 16.2. The largest absolute Gasteiger partial charge is 0.508 e. The van der Waals surface area contributed by atoms with Crippen molar-refractivity contribution in [3.63, 3.8) is 0 Å². The molecule has 2 N–H and O–H groups in total. The molecule has 0 aromatic heterocycles. The minimum atomic E-state index is -0.781. The standard InChI is InChI=1S/C39H42N2O8/c1-39(2,3)49-38(45)41-22-10-15-34(33(24-41)40-36(43)29-16-18-30(42)19-17-29)48-37(44)32-21-20-31(46-25-27-11-6-4-7-12-27)23-35(32)47-26-28-13-8-5-9-14-28/h4-9,11-14,16-21,23,33-34,42H,10,15,22,24-26H2,1-3H3,(H,40,43)/t33-,34-/m1/s1. The number of benzene rings is 4. The number of carbonyl (C=O) groups excluding carboxylic acids is 3. The summed E-state index contributed by atoms with van der Waals surface area (Å²) >= 11 is 0. The molecule has 0 bridgehead atoms. The van der Waals surface area contributed by atoms with E-state index < -0.39 is 35.7 Å². The molecule has 4 aromatic rings. The molecule has 10 nitrogen and oxygen atoms in total. The highest BCUT2D eigenvalue weighted by Crippen LogP contribution is 2.29. The molecule has 0 saturated carbocycles. The molecule has 1 aliphatic heterocycles. The lowest BCUT2D eigenvalue weighted by Gasteiger charge is -2.30. The van der Waals surface area contributed by atoms with Crippen LogP contribution in [0.25, 0.3) is 0 Å². The van der Waals surface area contributed by atoms with E-state index in [4.69, 9.17) is 18.9 Å². The molecular weight excluding hydrogens is 624 g/mol. The van der Waals surface area contributed by atoms with Crippen molar-refractivity contribution in [3.05, 3.63) is 125 Å². The Bertz CT molecular complexity index is 1710. The van der Waals surface area contributed by atoms with Crippen molar-refractivity contribution in [1.82, 2.24) is 10.2 Å². The number of amides is 2. The summed E-state index contributed by atoms with van der Waals surface area (Å²) in [6, 6.07) is 29.3. The van der Waals surface area contributed by atoms with Crippen LogP contribution in [0.15, 0.2) is 103 Å². The summed E-state index contributed by atoms with van der Waals surface area (Å²) in [5.74, 6) is -0.255. The zero-order chi connectivity index (χ0) is 34.8. The van der Waals surface area contributed by atoms with Crippen molar-refractivity contribution in [2.45, 2.75) is 64.6 Å². The fourth-order valence-electron chi connectivity index (χ4n) is 5.32. The van der Waals surface area contributed by atoms with E-state index in [0.717, 1.165) is 11.1 Å². The average molecular weight is 667 g/mol. The number of nitrogens with one attached hydrogen (secondary N) is 1. The van der Waals surface area contributed by atoms with Gasteiger partial charge in [-0.3, -0.25) is 4.79 Å². The van der Waals surface area contributed by atoms with Gasteiger partial charge in [0.1, 0.15) is 47.7 Å². The summed E-state index contributed by atoms with van der Waals surface area (Å²) in [5.41, 5.74) is 1.69. The molecule has 0 spiro atoms. The molecule has 4 aromatic carbocycles. The first kappa shape index (κ1) is 34.8. The number of aromatic hydroxyl groups is 1. The third-order valence-electron chi connectivity index (χ3n) is 7.80. The Kier molecular flexibility index (Phi) is 11.4. The van der Waals surface area contributed by atoms with Gasteiger partial charge in [-0.15, -0.1) is 0 Å². The minimum Gasteiger partial charge on any atom is -0.508 e. The summed E-state index contributed by atoms with van der Waals surface area (Å²) < 4.78 is 23.9. The molecule has 0 unspecified atom stereocenters. The van der Waals surface area contributed by atoms with Crippen LogP contribution in [0.5, 0.6) is 17.2 Å². The number of hydrogen-bond acceptors (Lipinski definition) is 8. The average Bonchev–Trinajstić information content (AvgIpc) is 3.28. The lowest BCUT2D eigenvalue weighted by molar-refractivity contribution is 0.0125. The number of esters is 1. The summed E-state index contributed by atoms with van der Waals surface area (Å²) in [6.45, 7) is 6.31. The van der Waals surface area contributed by atoms with E-state index >= 15 is 0 Å². The second kappa shape index (κ2) is 16.1. The number of hydrogen-bond donors (Lipinski definition) is 2. The van der Waals surface area contributed by atoms with Crippen molar-refractivity contribution in [1.29, 1.82) is 0 Å². The number of likely N-dealkylation sites (tertiary alicyclic amines) is 1. The smallest absolute Gasteiger partial charge is 0.410 e. The van der Waals surface area contributed by atoms with Crippen molar-refractivity contribution < 1.29 is 38.4 Å². The monoisotopic (exact) mass is 666 g/mol. The van der Waals surface area contributed by atoms with Gasteiger partial charge < -0.3 is 34.3 Å². The number of rotatable bonds is 10. The number of phenolic OH excluding ortho intramolecular Hbond substituents is 1. The first-order chi connectivity index (χ1) is 23.5. The van der Waals surface area contributed by atoms with E-state index in [1.165, 1.54) is 29.2 Å². The molecule has 49 heavy (non-hydrogen) atoms. The third-order valence-corrected chi connectivity index (χ3v) is 7.80. The van der Waals surface area contributed by atoms with Crippen LogP contribution in [0.1, 0.15) is 65.5 Å². The van der Waals surface area contributed by atoms with E-state index in [-0.39, 0.29) is 30.2 Å². The highest BCUT2D eigenvalue weighted by molar-refractivity contribution is 5.95. The second-order valence-corrected chi connectivity index (χ2v) is 12.8. The van der Waals surface area contributed by atoms with Gasteiger partial charge in [0.15, 0.2) is 0 Å². The maximum atomic E-state index is 13.9. The lowest BCUT2D eigenvalue weighted by atomic mass is 10.1. The fourth-order valence-corrected chi connectivity index (χ4v) is 5.32. The number of nitrogens with zero attached hydrogens (tertiary/aromatic N) is 1. The molecular formula is C39H42N2O8. The molecule has 1 fully saturated rings. The first-order valence-electron chi connectivity index (χ1n) is 16.3. The van der Waals surface area contributed by atoms with Gasteiger partial charge in [-0.05, 0) is 81.1 Å². The van der Waals surface area contributed by atoms with Gasteiger partial charge in [-0.1, -0.05) is 60.7 Å². The number of carbonyl (C=O) groups is 3. The van der Waals surface area contributed by atoms with Crippen molar-refractivity contribution in [2.75, 3.05) is 13.1 Å². The highest BCUT2D eigenvalue weighted by atomic mass is 16.6. The van der Waals surface area contributed by atoms with E-state index in [2.05, 4.69) is 5.32 Å². The van der Waals surface area contributed by atoms with Gasteiger partial charge in [0.25, 0.3) is 5.91 Å². The van der Waals surface area contributed by atoms with E-state index in [0.29, 0.717) is 37.3 Å². The van der Waals surface area contributed by atoms with Crippen molar-refractivity contribution in [3.8, 4) is 17.2 Å². The molecule has 1 heterocycles.